The van der Waals surface area contributed by atoms with Crippen LogP contribution in [0, 0.1) is 0 Å². The molecule has 0 aliphatic rings. The summed E-state index contributed by atoms with van der Waals surface area (Å²) < 4.78 is 5.03. The predicted octanol–water partition coefficient (Wildman–Crippen LogP) is 1.41. The number of hydrogen-bond donors (Lipinski definition) is 3. The Labute approximate surface area is 141 Å². The smallest absolute Gasteiger partial charge is 0.408 e. The molecular weight excluding hydrogens is 310 g/mol. The summed E-state index contributed by atoms with van der Waals surface area (Å²) in [5.41, 5.74) is 0.192. The van der Waals surface area contributed by atoms with Crippen molar-refractivity contribution in [1.82, 2.24) is 16.0 Å². The van der Waals surface area contributed by atoms with Crippen molar-refractivity contribution >= 4 is 24.0 Å². The molecule has 0 aromatic heterocycles. The van der Waals surface area contributed by atoms with E-state index in [1.165, 1.54) is 7.05 Å². The van der Waals surface area contributed by atoms with Crippen LogP contribution in [0.15, 0.2) is 36.0 Å². The van der Waals surface area contributed by atoms with E-state index in [1.54, 1.807) is 39.0 Å². The van der Waals surface area contributed by atoms with Gasteiger partial charge in [0, 0.05) is 7.05 Å². The van der Waals surface area contributed by atoms with Crippen LogP contribution < -0.4 is 16.0 Å². The van der Waals surface area contributed by atoms with Crippen LogP contribution in [0.25, 0.3) is 6.08 Å². The first-order valence-corrected chi connectivity index (χ1v) is 7.47. The number of likely N-dealkylation sites (N-methyl/N-ethyl adjacent to an activating group) is 1. The van der Waals surface area contributed by atoms with Crippen molar-refractivity contribution in [3.63, 3.8) is 0 Å². The first kappa shape index (κ1) is 19.2. The highest BCUT2D eigenvalue weighted by Crippen LogP contribution is 2.06. The van der Waals surface area contributed by atoms with Crippen LogP contribution in [0.4, 0.5) is 4.79 Å². The zero-order valence-electron chi connectivity index (χ0n) is 14.3. The summed E-state index contributed by atoms with van der Waals surface area (Å²) in [5.74, 6) is -0.976. The van der Waals surface area contributed by atoms with Gasteiger partial charge >= 0.3 is 6.09 Å². The van der Waals surface area contributed by atoms with E-state index in [1.807, 2.05) is 18.2 Å². The lowest BCUT2D eigenvalue weighted by atomic mass is 10.2. The summed E-state index contributed by atoms with van der Waals surface area (Å²) in [6.45, 7) is 4.86. The number of benzene rings is 1. The molecule has 3 N–H and O–H groups in total. The molecule has 1 rings (SSSR count). The van der Waals surface area contributed by atoms with Crippen LogP contribution in [-0.4, -0.2) is 37.1 Å². The molecule has 0 saturated heterocycles. The van der Waals surface area contributed by atoms with Crippen LogP contribution >= 0.6 is 0 Å². The quantitative estimate of drug-likeness (QED) is 0.710. The molecule has 0 unspecified atom stereocenters. The predicted molar refractivity (Wildman–Crippen MR) is 90.9 cm³/mol. The van der Waals surface area contributed by atoms with Crippen molar-refractivity contribution in [3.8, 4) is 0 Å². The first-order chi connectivity index (χ1) is 11.2. The molecule has 0 aliphatic heterocycles. The molecule has 0 radical (unpaired) electrons. The highest BCUT2D eigenvalue weighted by atomic mass is 16.6. The number of hydrogen-bond acceptors (Lipinski definition) is 4. The number of carbonyl (C=O) groups excluding carboxylic acids is 3. The molecular formula is C17H23N3O4. The Morgan fingerprint density at radius 3 is 2.29 bits per heavy atom. The maximum absolute atomic E-state index is 11.9. The lowest BCUT2D eigenvalue weighted by Gasteiger charge is -2.19. The molecule has 0 heterocycles. The van der Waals surface area contributed by atoms with Gasteiger partial charge in [-0.05, 0) is 32.4 Å². The zero-order chi connectivity index (χ0) is 18.2. The fraction of sp³-hybridized carbons (Fsp3) is 0.353. The highest BCUT2D eigenvalue weighted by molar-refractivity contribution is 6.01. The van der Waals surface area contributed by atoms with Crippen molar-refractivity contribution < 1.29 is 19.1 Å². The third-order valence-corrected chi connectivity index (χ3v) is 2.65. The summed E-state index contributed by atoms with van der Waals surface area (Å²) in [6, 6.07) is 9.08. The Morgan fingerprint density at radius 2 is 1.75 bits per heavy atom. The SMILES string of the molecule is CNC(=O)/C(=C/c1ccccc1)NC(=O)CNC(=O)OC(C)(C)C. The minimum Gasteiger partial charge on any atom is -0.444 e. The molecule has 0 bridgehead atoms. The Bertz CT molecular complexity index is 618. The second kappa shape index (κ2) is 8.71. The van der Waals surface area contributed by atoms with Gasteiger partial charge in [0.05, 0.1) is 0 Å². The molecule has 7 nitrogen and oxygen atoms in total. The van der Waals surface area contributed by atoms with E-state index in [-0.39, 0.29) is 12.2 Å². The molecule has 130 valence electrons. The lowest BCUT2D eigenvalue weighted by molar-refractivity contribution is -0.123. The Morgan fingerprint density at radius 1 is 1.12 bits per heavy atom. The van der Waals surface area contributed by atoms with E-state index in [0.29, 0.717) is 0 Å². The summed E-state index contributed by atoms with van der Waals surface area (Å²) in [6.07, 6.45) is 0.843. The standard InChI is InChI=1S/C17H23N3O4/c1-17(2,3)24-16(23)19-11-14(21)20-13(15(22)18-4)10-12-8-6-5-7-9-12/h5-10H,11H2,1-4H3,(H,18,22)(H,19,23)(H,20,21)/b13-10-. The second-order valence-electron chi connectivity index (χ2n) is 5.95. The number of carbonyl (C=O) groups is 3. The maximum atomic E-state index is 11.9. The topological polar surface area (TPSA) is 96.5 Å². The average molecular weight is 333 g/mol. The van der Waals surface area contributed by atoms with Gasteiger partial charge in [-0.1, -0.05) is 30.3 Å². The van der Waals surface area contributed by atoms with Gasteiger partial charge in [-0.25, -0.2) is 4.79 Å². The number of amides is 3. The number of ether oxygens (including phenoxy) is 1. The summed E-state index contributed by atoms with van der Waals surface area (Å²) in [4.78, 5) is 35.3. The molecule has 0 fully saturated rings. The molecule has 0 aliphatic carbocycles. The molecule has 0 spiro atoms. The van der Waals surface area contributed by atoms with Gasteiger partial charge in [0.25, 0.3) is 5.91 Å². The van der Waals surface area contributed by atoms with Gasteiger partial charge in [0.2, 0.25) is 5.91 Å². The van der Waals surface area contributed by atoms with Crippen LogP contribution in [0.5, 0.6) is 0 Å². The Balaban J connectivity index is 2.67. The first-order valence-electron chi connectivity index (χ1n) is 7.47. The largest absolute Gasteiger partial charge is 0.444 e. The van der Waals surface area contributed by atoms with Gasteiger partial charge in [0.1, 0.15) is 17.8 Å². The van der Waals surface area contributed by atoms with Gasteiger partial charge in [-0.2, -0.15) is 0 Å². The van der Waals surface area contributed by atoms with E-state index < -0.39 is 23.5 Å². The third-order valence-electron chi connectivity index (χ3n) is 2.65. The second-order valence-corrected chi connectivity index (χ2v) is 5.95. The van der Waals surface area contributed by atoms with Crippen LogP contribution in [0.1, 0.15) is 26.3 Å². The number of nitrogens with one attached hydrogen (secondary N) is 3. The van der Waals surface area contributed by atoms with Crippen LogP contribution in [0.2, 0.25) is 0 Å². The maximum Gasteiger partial charge on any atom is 0.408 e. The monoisotopic (exact) mass is 333 g/mol. The Kier molecular flexibility index (Phi) is 6.98. The van der Waals surface area contributed by atoms with Gasteiger partial charge in [-0.3, -0.25) is 9.59 Å². The molecule has 24 heavy (non-hydrogen) atoms. The normalized spacial score (nSPS) is 11.4. The zero-order valence-corrected chi connectivity index (χ0v) is 14.3. The minimum atomic E-state index is -0.703. The van der Waals surface area contributed by atoms with Crippen molar-refractivity contribution in [2.75, 3.05) is 13.6 Å². The van der Waals surface area contributed by atoms with Crippen molar-refractivity contribution in [3.05, 3.63) is 41.6 Å². The number of rotatable bonds is 5. The fourth-order valence-electron chi connectivity index (χ4n) is 1.67. The van der Waals surface area contributed by atoms with Crippen LogP contribution in [-0.2, 0) is 14.3 Å². The van der Waals surface area contributed by atoms with Gasteiger partial charge in [0.15, 0.2) is 0 Å². The van der Waals surface area contributed by atoms with Crippen molar-refractivity contribution in [1.29, 1.82) is 0 Å². The molecule has 3 amide bonds. The Hall–Kier alpha value is -2.83. The number of alkyl carbamates (subject to hydrolysis) is 1. The van der Waals surface area contributed by atoms with E-state index in [2.05, 4.69) is 16.0 Å². The molecule has 1 aromatic carbocycles. The molecule has 7 heteroatoms. The molecule has 0 saturated carbocycles. The fourth-order valence-corrected chi connectivity index (χ4v) is 1.67. The lowest BCUT2D eigenvalue weighted by Crippen LogP contribution is -2.41. The van der Waals surface area contributed by atoms with E-state index in [4.69, 9.17) is 4.74 Å². The molecule has 1 aromatic rings. The van der Waals surface area contributed by atoms with Gasteiger partial charge in [-0.15, -0.1) is 0 Å². The van der Waals surface area contributed by atoms with E-state index in [0.717, 1.165) is 5.56 Å². The van der Waals surface area contributed by atoms with E-state index >= 15 is 0 Å². The van der Waals surface area contributed by atoms with Crippen molar-refractivity contribution in [2.45, 2.75) is 26.4 Å². The summed E-state index contributed by atoms with van der Waals surface area (Å²) in [5, 5.41) is 7.26. The molecule has 0 atom stereocenters. The van der Waals surface area contributed by atoms with Crippen molar-refractivity contribution in [2.24, 2.45) is 0 Å². The summed E-state index contributed by atoms with van der Waals surface area (Å²) in [7, 11) is 1.46. The highest BCUT2D eigenvalue weighted by Gasteiger charge is 2.17. The summed E-state index contributed by atoms with van der Waals surface area (Å²) >= 11 is 0. The van der Waals surface area contributed by atoms with Gasteiger partial charge < -0.3 is 20.7 Å². The average Bonchev–Trinajstić information content (AvgIpc) is 2.51. The third kappa shape index (κ3) is 7.44. The van der Waals surface area contributed by atoms with E-state index in [9.17, 15) is 14.4 Å². The minimum absolute atomic E-state index is 0.0830. The van der Waals surface area contributed by atoms with Crippen LogP contribution in [0.3, 0.4) is 0 Å².